The Hall–Kier alpha value is -0.120. The summed E-state index contributed by atoms with van der Waals surface area (Å²) in [6.45, 7) is 4.50. The fourth-order valence-corrected chi connectivity index (χ4v) is 2.00. The lowest BCUT2D eigenvalue weighted by Gasteiger charge is -2.31. The summed E-state index contributed by atoms with van der Waals surface area (Å²) in [5.74, 6) is 0.721. The fraction of sp³-hybridized carbons (Fsp3) is 1.00. The smallest absolute Gasteiger partial charge is 0.0639 e. The number of nitrogens with two attached hydrogens (primary N) is 1. The summed E-state index contributed by atoms with van der Waals surface area (Å²) in [6, 6.07) is 0. The lowest BCUT2D eigenvalue weighted by Crippen LogP contribution is -2.43. The van der Waals surface area contributed by atoms with Crippen molar-refractivity contribution in [2.45, 2.75) is 31.7 Å². The molecule has 0 aromatic rings. The average Bonchev–Trinajstić information content (AvgIpc) is 2.04. The van der Waals surface area contributed by atoms with Gasteiger partial charge in [0.2, 0.25) is 0 Å². The molecule has 0 spiro atoms. The quantitative estimate of drug-likeness (QED) is 0.718. The predicted octanol–water partition coefficient (Wildman–Crippen LogP) is 1.17. The minimum Gasteiger partial charge on any atom is -0.383 e. The number of methoxy groups -OCH3 is 1. The predicted molar refractivity (Wildman–Crippen MR) is 52.6 cm³/mol. The topological polar surface area (TPSA) is 44.5 Å². The molecule has 1 aliphatic heterocycles. The van der Waals surface area contributed by atoms with Crippen LogP contribution >= 0.6 is 0 Å². The van der Waals surface area contributed by atoms with Crippen LogP contribution in [0.15, 0.2) is 0 Å². The van der Waals surface area contributed by atoms with E-state index in [2.05, 4.69) is 6.92 Å². The molecule has 1 unspecified atom stereocenters. The van der Waals surface area contributed by atoms with E-state index in [-0.39, 0.29) is 5.54 Å². The van der Waals surface area contributed by atoms with Crippen LogP contribution in [0.25, 0.3) is 0 Å². The molecule has 0 amide bonds. The molecule has 3 heteroatoms. The van der Waals surface area contributed by atoms with Gasteiger partial charge in [-0.05, 0) is 32.1 Å². The summed E-state index contributed by atoms with van der Waals surface area (Å²) in [4.78, 5) is 0. The molecule has 0 radical (unpaired) electrons. The highest BCUT2D eigenvalue weighted by molar-refractivity contribution is 4.82. The largest absolute Gasteiger partial charge is 0.383 e. The Bertz CT molecular complexity index is 142. The first-order valence-electron chi connectivity index (χ1n) is 4.99. The van der Waals surface area contributed by atoms with Gasteiger partial charge >= 0.3 is 0 Å². The van der Waals surface area contributed by atoms with Gasteiger partial charge in [0.25, 0.3) is 0 Å². The Morgan fingerprint density at radius 3 is 2.62 bits per heavy atom. The molecule has 13 heavy (non-hydrogen) atoms. The van der Waals surface area contributed by atoms with Crippen molar-refractivity contribution in [3.8, 4) is 0 Å². The molecule has 1 atom stereocenters. The second-order valence-electron chi connectivity index (χ2n) is 4.35. The molecule has 0 aromatic heterocycles. The van der Waals surface area contributed by atoms with Crippen molar-refractivity contribution >= 4 is 0 Å². The maximum absolute atomic E-state index is 6.09. The van der Waals surface area contributed by atoms with Gasteiger partial charge < -0.3 is 15.2 Å². The van der Waals surface area contributed by atoms with Crippen molar-refractivity contribution in [1.29, 1.82) is 0 Å². The molecule has 0 bridgehead atoms. The van der Waals surface area contributed by atoms with Crippen LogP contribution in [0.5, 0.6) is 0 Å². The van der Waals surface area contributed by atoms with Crippen molar-refractivity contribution in [2.75, 3.05) is 26.9 Å². The third-order valence-electron chi connectivity index (χ3n) is 2.57. The first-order valence-corrected chi connectivity index (χ1v) is 4.99. The van der Waals surface area contributed by atoms with E-state index >= 15 is 0 Å². The molecule has 1 rings (SSSR count). The van der Waals surface area contributed by atoms with Crippen molar-refractivity contribution in [2.24, 2.45) is 11.7 Å². The first kappa shape index (κ1) is 11.0. The first-order chi connectivity index (χ1) is 6.14. The fourth-order valence-electron chi connectivity index (χ4n) is 2.00. The molecule has 3 nitrogen and oxygen atoms in total. The third kappa shape index (κ3) is 4.07. The van der Waals surface area contributed by atoms with E-state index in [1.54, 1.807) is 7.11 Å². The van der Waals surface area contributed by atoms with E-state index < -0.39 is 0 Å². The lowest BCUT2D eigenvalue weighted by atomic mass is 9.86. The van der Waals surface area contributed by atoms with E-state index in [0.717, 1.165) is 38.4 Å². The summed E-state index contributed by atoms with van der Waals surface area (Å²) < 4.78 is 10.4. The summed E-state index contributed by atoms with van der Waals surface area (Å²) >= 11 is 0. The monoisotopic (exact) mass is 187 g/mol. The highest BCUT2D eigenvalue weighted by Gasteiger charge is 2.25. The van der Waals surface area contributed by atoms with Gasteiger partial charge in [0.1, 0.15) is 0 Å². The van der Waals surface area contributed by atoms with E-state index in [9.17, 15) is 0 Å². The summed E-state index contributed by atoms with van der Waals surface area (Å²) in [5, 5.41) is 0. The number of rotatable bonds is 4. The Balaban J connectivity index is 2.28. The third-order valence-corrected chi connectivity index (χ3v) is 2.57. The summed E-state index contributed by atoms with van der Waals surface area (Å²) in [7, 11) is 1.70. The molecule has 1 heterocycles. The van der Waals surface area contributed by atoms with Crippen LogP contribution in [-0.4, -0.2) is 32.5 Å². The maximum Gasteiger partial charge on any atom is 0.0639 e. The molecular formula is C10H21NO2. The Kier molecular flexibility index (Phi) is 4.16. The minimum absolute atomic E-state index is 0.170. The van der Waals surface area contributed by atoms with E-state index in [4.69, 9.17) is 15.2 Å². The average molecular weight is 187 g/mol. The van der Waals surface area contributed by atoms with Crippen LogP contribution in [0.4, 0.5) is 0 Å². The van der Waals surface area contributed by atoms with Crippen molar-refractivity contribution in [1.82, 2.24) is 0 Å². The molecule has 2 N–H and O–H groups in total. The Morgan fingerprint density at radius 2 is 2.08 bits per heavy atom. The summed E-state index contributed by atoms with van der Waals surface area (Å²) in [5.41, 5.74) is 5.92. The second kappa shape index (κ2) is 4.94. The van der Waals surface area contributed by atoms with Crippen LogP contribution in [-0.2, 0) is 9.47 Å². The zero-order valence-electron chi connectivity index (χ0n) is 8.71. The van der Waals surface area contributed by atoms with Gasteiger partial charge in [-0.25, -0.2) is 0 Å². The molecule has 0 saturated carbocycles. The SMILES string of the molecule is COCC(C)(N)CC1CCOCC1. The van der Waals surface area contributed by atoms with Crippen LogP contribution in [0.1, 0.15) is 26.2 Å². The molecule has 0 aromatic carbocycles. The Morgan fingerprint density at radius 1 is 1.46 bits per heavy atom. The van der Waals surface area contributed by atoms with Gasteiger partial charge in [-0.2, -0.15) is 0 Å². The molecular weight excluding hydrogens is 166 g/mol. The minimum atomic E-state index is -0.170. The molecule has 1 aliphatic rings. The normalized spacial score (nSPS) is 24.2. The zero-order chi connectivity index (χ0) is 9.73. The van der Waals surface area contributed by atoms with Crippen molar-refractivity contribution in [3.05, 3.63) is 0 Å². The summed E-state index contributed by atoms with van der Waals surface area (Å²) in [6.07, 6.45) is 3.34. The molecule has 1 fully saturated rings. The van der Waals surface area contributed by atoms with Gasteiger partial charge in [0.15, 0.2) is 0 Å². The van der Waals surface area contributed by atoms with Crippen LogP contribution < -0.4 is 5.73 Å². The zero-order valence-corrected chi connectivity index (χ0v) is 8.71. The maximum atomic E-state index is 6.09. The van der Waals surface area contributed by atoms with Crippen LogP contribution in [0, 0.1) is 5.92 Å². The molecule has 78 valence electrons. The van der Waals surface area contributed by atoms with Crippen molar-refractivity contribution in [3.63, 3.8) is 0 Å². The van der Waals surface area contributed by atoms with Gasteiger partial charge in [0, 0.05) is 25.9 Å². The second-order valence-corrected chi connectivity index (χ2v) is 4.35. The van der Waals surface area contributed by atoms with Gasteiger partial charge in [-0.3, -0.25) is 0 Å². The van der Waals surface area contributed by atoms with Crippen molar-refractivity contribution < 1.29 is 9.47 Å². The Labute approximate surface area is 80.6 Å². The van der Waals surface area contributed by atoms with Gasteiger partial charge in [-0.1, -0.05) is 0 Å². The number of ether oxygens (including phenoxy) is 2. The van der Waals surface area contributed by atoms with Crippen LogP contribution in [0.3, 0.4) is 0 Å². The highest BCUT2D eigenvalue weighted by atomic mass is 16.5. The standard InChI is InChI=1S/C10H21NO2/c1-10(11,8-12-2)7-9-3-5-13-6-4-9/h9H,3-8,11H2,1-2H3. The molecule has 0 aliphatic carbocycles. The number of hydrogen-bond donors (Lipinski definition) is 1. The van der Waals surface area contributed by atoms with Crippen LogP contribution in [0.2, 0.25) is 0 Å². The highest BCUT2D eigenvalue weighted by Crippen LogP contribution is 2.23. The van der Waals surface area contributed by atoms with E-state index in [1.165, 1.54) is 0 Å². The van der Waals surface area contributed by atoms with E-state index in [1.807, 2.05) is 0 Å². The molecule has 1 saturated heterocycles. The van der Waals surface area contributed by atoms with E-state index in [0.29, 0.717) is 6.61 Å². The lowest BCUT2D eigenvalue weighted by molar-refractivity contribution is 0.0474. The number of hydrogen-bond acceptors (Lipinski definition) is 3. The van der Waals surface area contributed by atoms with Gasteiger partial charge in [-0.15, -0.1) is 0 Å². The van der Waals surface area contributed by atoms with Gasteiger partial charge in [0.05, 0.1) is 6.61 Å².